The minimum Gasteiger partial charge on any atom is -0.353 e. The first-order chi connectivity index (χ1) is 12.3. The summed E-state index contributed by atoms with van der Waals surface area (Å²) in [7, 11) is 0. The van der Waals surface area contributed by atoms with E-state index in [1.165, 1.54) is 21.7 Å². The van der Waals surface area contributed by atoms with E-state index in [0.717, 1.165) is 38.5 Å². The highest BCUT2D eigenvalue weighted by atomic mass is 127. The van der Waals surface area contributed by atoms with Crippen LogP contribution in [0.1, 0.15) is 65.2 Å². The minimum absolute atomic E-state index is 0.182. The highest BCUT2D eigenvalue weighted by Crippen LogP contribution is 2.14. The Labute approximate surface area is 182 Å². The molecule has 0 spiro atoms. The standard InChI is InChI=1S/C20H36I2O3/c1-3-23-19(15-11-7-5-9-13-17-21)25-20(24-4-2)16-12-8-6-10-14-18-22/h5-8,19-20H,3-4,9-18H2,1-2H3. The van der Waals surface area contributed by atoms with Gasteiger partial charge in [-0.1, -0.05) is 69.5 Å². The highest BCUT2D eigenvalue weighted by molar-refractivity contribution is 14.1. The van der Waals surface area contributed by atoms with Crippen LogP contribution in [0.2, 0.25) is 0 Å². The summed E-state index contributed by atoms with van der Waals surface area (Å²) < 4.78 is 20.0. The molecule has 2 atom stereocenters. The van der Waals surface area contributed by atoms with Gasteiger partial charge < -0.3 is 14.2 Å². The van der Waals surface area contributed by atoms with Gasteiger partial charge in [0.1, 0.15) is 0 Å². The third-order valence-electron chi connectivity index (χ3n) is 3.49. The fraction of sp³-hybridized carbons (Fsp3) is 0.800. The molecule has 3 nitrogen and oxygen atoms in total. The van der Waals surface area contributed by atoms with Gasteiger partial charge in [0.2, 0.25) is 0 Å². The Morgan fingerprint density at radius 2 is 1.08 bits per heavy atom. The van der Waals surface area contributed by atoms with Crippen LogP contribution in [-0.2, 0) is 14.2 Å². The van der Waals surface area contributed by atoms with Crippen molar-refractivity contribution in [1.29, 1.82) is 0 Å². The van der Waals surface area contributed by atoms with Crippen LogP contribution in [0.15, 0.2) is 24.3 Å². The summed E-state index contributed by atoms with van der Waals surface area (Å²) in [6.07, 6.45) is 17.2. The Hall–Kier alpha value is 0.820. The topological polar surface area (TPSA) is 27.7 Å². The molecule has 0 aliphatic rings. The summed E-state index contributed by atoms with van der Waals surface area (Å²) in [4.78, 5) is 0. The number of hydrogen-bond acceptors (Lipinski definition) is 3. The Balaban J connectivity index is 4.19. The largest absolute Gasteiger partial charge is 0.353 e. The van der Waals surface area contributed by atoms with Crippen LogP contribution in [0.5, 0.6) is 0 Å². The molecule has 0 aliphatic heterocycles. The monoisotopic (exact) mass is 578 g/mol. The summed E-state index contributed by atoms with van der Waals surface area (Å²) in [6, 6.07) is 0. The SMILES string of the molecule is CCOC(CCC=CCCCI)OC(CCC=CCCCI)OCC. The van der Waals surface area contributed by atoms with Gasteiger partial charge in [0.05, 0.1) is 0 Å². The van der Waals surface area contributed by atoms with Crippen LogP contribution in [-0.4, -0.2) is 34.6 Å². The number of alkyl halides is 2. The molecule has 0 N–H and O–H groups in total. The van der Waals surface area contributed by atoms with Crippen molar-refractivity contribution in [3.05, 3.63) is 24.3 Å². The number of ether oxygens (including phenoxy) is 3. The smallest absolute Gasteiger partial charge is 0.161 e. The third-order valence-corrected chi connectivity index (χ3v) is 5.01. The zero-order valence-corrected chi connectivity index (χ0v) is 20.2. The normalized spacial score (nSPS) is 14.6. The van der Waals surface area contributed by atoms with E-state index < -0.39 is 0 Å². The predicted molar refractivity (Wildman–Crippen MR) is 125 cm³/mol. The van der Waals surface area contributed by atoms with E-state index in [1.54, 1.807) is 0 Å². The van der Waals surface area contributed by atoms with Crippen LogP contribution < -0.4 is 0 Å². The molecule has 0 aliphatic carbocycles. The van der Waals surface area contributed by atoms with Crippen molar-refractivity contribution in [3.63, 3.8) is 0 Å². The minimum atomic E-state index is -0.182. The molecule has 0 radical (unpaired) electrons. The first-order valence-electron chi connectivity index (χ1n) is 9.59. The van der Waals surface area contributed by atoms with Crippen molar-refractivity contribution in [3.8, 4) is 0 Å². The van der Waals surface area contributed by atoms with Crippen molar-refractivity contribution in [2.75, 3.05) is 22.1 Å². The van der Waals surface area contributed by atoms with Crippen molar-refractivity contribution in [2.24, 2.45) is 0 Å². The fourth-order valence-corrected chi connectivity index (χ4v) is 3.13. The van der Waals surface area contributed by atoms with E-state index in [1.807, 2.05) is 13.8 Å². The van der Waals surface area contributed by atoms with E-state index in [9.17, 15) is 0 Å². The molecule has 0 aromatic carbocycles. The summed E-state index contributed by atoms with van der Waals surface area (Å²) in [5.74, 6) is 0. The van der Waals surface area contributed by atoms with Crippen LogP contribution in [0, 0.1) is 0 Å². The molecule has 0 aromatic rings. The van der Waals surface area contributed by atoms with E-state index in [2.05, 4.69) is 69.5 Å². The maximum absolute atomic E-state index is 6.07. The number of allylic oxidation sites excluding steroid dienone is 4. The molecule has 0 heterocycles. The summed E-state index contributed by atoms with van der Waals surface area (Å²) in [5.41, 5.74) is 0. The van der Waals surface area contributed by atoms with Gasteiger partial charge in [-0.3, -0.25) is 0 Å². The number of halogens is 2. The second kappa shape index (κ2) is 21.1. The van der Waals surface area contributed by atoms with Crippen molar-refractivity contribution in [2.45, 2.75) is 77.8 Å². The Morgan fingerprint density at radius 3 is 1.44 bits per heavy atom. The molecule has 0 saturated carbocycles. The first-order valence-corrected chi connectivity index (χ1v) is 12.6. The lowest BCUT2D eigenvalue weighted by Crippen LogP contribution is -2.27. The van der Waals surface area contributed by atoms with Gasteiger partial charge in [0, 0.05) is 26.1 Å². The molecular formula is C20H36I2O3. The molecule has 0 bridgehead atoms. The third kappa shape index (κ3) is 18.0. The van der Waals surface area contributed by atoms with Gasteiger partial charge in [-0.25, -0.2) is 0 Å². The Morgan fingerprint density at radius 1 is 0.680 bits per heavy atom. The Kier molecular flexibility index (Phi) is 21.8. The molecule has 5 heteroatoms. The van der Waals surface area contributed by atoms with Crippen LogP contribution in [0.25, 0.3) is 0 Å². The van der Waals surface area contributed by atoms with E-state index >= 15 is 0 Å². The van der Waals surface area contributed by atoms with Crippen LogP contribution in [0.4, 0.5) is 0 Å². The Bertz CT molecular complexity index is 292. The molecule has 0 rings (SSSR count). The van der Waals surface area contributed by atoms with Gasteiger partial charge >= 0.3 is 0 Å². The zero-order chi connectivity index (χ0) is 18.6. The lowest BCUT2D eigenvalue weighted by Gasteiger charge is -2.24. The van der Waals surface area contributed by atoms with E-state index in [0.29, 0.717) is 13.2 Å². The van der Waals surface area contributed by atoms with Crippen molar-refractivity contribution < 1.29 is 14.2 Å². The maximum Gasteiger partial charge on any atom is 0.161 e. The summed E-state index contributed by atoms with van der Waals surface area (Å²) in [5, 5.41) is 0. The molecule has 0 fully saturated rings. The molecule has 0 amide bonds. The summed E-state index contributed by atoms with van der Waals surface area (Å²) in [6.45, 7) is 5.35. The molecule has 25 heavy (non-hydrogen) atoms. The van der Waals surface area contributed by atoms with Crippen LogP contribution >= 0.6 is 45.2 Å². The first kappa shape index (κ1) is 25.8. The quantitative estimate of drug-likeness (QED) is 0.0587. The molecular weight excluding hydrogens is 542 g/mol. The number of hydrogen-bond donors (Lipinski definition) is 0. The lowest BCUT2D eigenvalue weighted by atomic mass is 10.2. The van der Waals surface area contributed by atoms with Crippen molar-refractivity contribution in [1.82, 2.24) is 0 Å². The lowest BCUT2D eigenvalue weighted by molar-refractivity contribution is -0.246. The van der Waals surface area contributed by atoms with Crippen molar-refractivity contribution >= 4 is 45.2 Å². The van der Waals surface area contributed by atoms with Crippen LogP contribution in [0.3, 0.4) is 0 Å². The average Bonchev–Trinajstić information content (AvgIpc) is 2.61. The maximum atomic E-state index is 6.07. The van der Waals surface area contributed by atoms with Gasteiger partial charge in [-0.15, -0.1) is 0 Å². The van der Waals surface area contributed by atoms with Gasteiger partial charge in [-0.2, -0.15) is 0 Å². The predicted octanol–water partition coefficient (Wildman–Crippen LogP) is 6.83. The average molecular weight is 578 g/mol. The fourth-order valence-electron chi connectivity index (χ4n) is 2.25. The summed E-state index contributed by atoms with van der Waals surface area (Å²) >= 11 is 4.84. The highest BCUT2D eigenvalue weighted by Gasteiger charge is 2.16. The second-order valence-electron chi connectivity index (χ2n) is 5.67. The molecule has 0 aromatic heterocycles. The molecule has 148 valence electrons. The second-order valence-corrected chi connectivity index (χ2v) is 7.82. The number of unbranched alkanes of at least 4 members (excludes halogenated alkanes) is 2. The van der Waals surface area contributed by atoms with E-state index in [-0.39, 0.29) is 12.6 Å². The molecule has 0 saturated heterocycles. The van der Waals surface area contributed by atoms with Gasteiger partial charge in [0.15, 0.2) is 12.6 Å². The molecule has 2 unspecified atom stereocenters. The number of rotatable bonds is 18. The zero-order valence-electron chi connectivity index (χ0n) is 15.9. The van der Waals surface area contributed by atoms with Gasteiger partial charge in [-0.05, 0) is 61.2 Å². The van der Waals surface area contributed by atoms with E-state index in [4.69, 9.17) is 14.2 Å². The van der Waals surface area contributed by atoms with Gasteiger partial charge in [0.25, 0.3) is 0 Å².